The molecule has 0 bridgehead atoms. The lowest BCUT2D eigenvalue weighted by molar-refractivity contribution is 0.477. The zero-order chi connectivity index (χ0) is 15.8. The maximum atomic E-state index is 5.58. The average molecular weight is 307 g/mol. The lowest BCUT2D eigenvalue weighted by Gasteiger charge is -2.23. The van der Waals surface area contributed by atoms with E-state index in [2.05, 4.69) is 43.0 Å². The molecular weight excluding hydrogens is 290 g/mol. The van der Waals surface area contributed by atoms with E-state index in [-0.39, 0.29) is 6.04 Å². The Bertz CT molecular complexity index is 801. The third-order valence-corrected chi connectivity index (χ3v) is 4.12. The molecule has 4 rings (SSSR count). The molecule has 6 nitrogen and oxygen atoms in total. The molecule has 23 heavy (non-hydrogen) atoms. The zero-order valence-corrected chi connectivity index (χ0v) is 13.0. The van der Waals surface area contributed by atoms with Crippen molar-refractivity contribution in [2.45, 2.75) is 12.6 Å². The maximum absolute atomic E-state index is 5.58. The first kappa shape index (κ1) is 13.8. The van der Waals surface area contributed by atoms with Crippen molar-refractivity contribution in [2.24, 2.45) is 0 Å². The van der Waals surface area contributed by atoms with Crippen LogP contribution < -0.4 is 9.80 Å². The molecule has 0 saturated carbocycles. The zero-order valence-electron chi connectivity index (χ0n) is 13.0. The molecule has 0 saturated heterocycles. The Labute approximate surface area is 134 Å². The summed E-state index contributed by atoms with van der Waals surface area (Å²) in [4.78, 5) is 17.1. The number of nitrogens with zero attached hydrogens (tertiary/aromatic N) is 5. The maximum Gasteiger partial charge on any atom is 0.226 e. The summed E-state index contributed by atoms with van der Waals surface area (Å²) in [7, 11) is 4.09. The Morgan fingerprint density at radius 1 is 1.22 bits per heavy atom. The van der Waals surface area contributed by atoms with Crippen LogP contribution in [-0.2, 0) is 6.54 Å². The van der Waals surface area contributed by atoms with Crippen molar-refractivity contribution in [3.8, 4) is 0 Å². The second kappa shape index (κ2) is 5.39. The summed E-state index contributed by atoms with van der Waals surface area (Å²) in [5.41, 5.74) is 3.64. The molecule has 1 aromatic carbocycles. The molecule has 1 aliphatic heterocycles. The lowest BCUT2D eigenvalue weighted by Crippen LogP contribution is -2.24. The fraction of sp³-hybridized carbons (Fsp3) is 0.235. The number of rotatable bonds is 3. The van der Waals surface area contributed by atoms with Gasteiger partial charge in [-0.05, 0) is 29.3 Å². The Hall–Kier alpha value is -2.89. The van der Waals surface area contributed by atoms with Gasteiger partial charge < -0.3 is 14.2 Å². The van der Waals surface area contributed by atoms with E-state index in [1.807, 2.05) is 20.2 Å². The monoisotopic (exact) mass is 307 g/mol. The van der Waals surface area contributed by atoms with E-state index in [1.54, 1.807) is 18.6 Å². The summed E-state index contributed by atoms with van der Waals surface area (Å²) in [5.74, 6) is 1.49. The van der Waals surface area contributed by atoms with Crippen LogP contribution in [0.1, 0.15) is 22.9 Å². The van der Waals surface area contributed by atoms with Gasteiger partial charge in [-0.3, -0.25) is 0 Å². The number of hydrogen-bond acceptors (Lipinski definition) is 6. The first-order valence-corrected chi connectivity index (χ1v) is 7.46. The number of hydrogen-bond donors (Lipinski definition) is 0. The molecule has 0 radical (unpaired) electrons. The minimum atomic E-state index is -0.0499. The SMILES string of the molecule is CN(C)c1ccc2c(c1)CN(c1ncccn1)C2c1cnco1. The van der Waals surface area contributed by atoms with Gasteiger partial charge in [-0.2, -0.15) is 0 Å². The third-order valence-electron chi connectivity index (χ3n) is 4.12. The third kappa shape index (κ3) is 2.32. The molecule has 0 spiro atoms. The minimum Gasteiger partial charge on any atom is -0.446 e. The highest BCUT2D eigenvalue weighted by Gasteiger charge is 2.35. The number of anilines is 2. The normalized spacial score (nSPS) is 16.4. The van der Waals surface area contributed by atoms with Crippen molar-refractivity contribution in [1.29, 1.82) is 0 Å². The molecule has 116 valence electrons. The van der Waals surface area contributed by atoms with Crippen molar-refractivity contribution >= 4 is 11.6 Å². The molecule has 3 aromatic rings. The predicted octanol–water partition coefficient (Wildman–Crippen LogP) is 2.64. The number of benzene rings is 1. The van der Waals surface area contributed by atoms with Gasteiger partial charge in [0.05, 0.1) is 6.20 Å². The highest BCUT2D eigenvalue weighted by atomic mass is 16.3. The summed E-state index contributed by atoms with van der Waals surface area (Å²) >= 11 is 0. The second-order valence-electron chi connectivity index (χ2n) is 5.76. The summed E-state index contributed by atoms with van der Waals surface area (Å²) in [6.07, 6.45) is 6.74. The van der Waals surface area contributed by atoms with Gasteiger partial charge in [-0.25, -0.2) is 15.0 Å². The molecule has 1 aliphatic rings. The standard InChI is InChI=1S/C17H17N5O/c1-21(2)13-4-5-14-12(8-13)10-22(17-19-6-3-7-20-17)16(14)15-9-18-11-23-15/h3-9,11,16H,10H2,1-2H3. The Kier molecular flexibility index (Phi) is 3.22. The van der Waals surface area contributed by atoms with E-state index >= 15 is 0 Å². The minimum absolute atomic E-state index is 0.0499. The smallest absolute Gasteiger partial charge is 0.226 e. The molecule has 3 heterocycles. The van der Waals surface area contributed by atoms with Gasteiger partial charge in [-0.15, -0.1) is 0 Å². The summed E-state index contributed by atoms with van der Waals surface area (Å²) in [5, 5.41) is 0. The van der Waals surface area contributed by atoms with Crippen molar-refractivity contribution in [3.63, 3.8) is 0 Å². The molecule has 1 unspecified atom stereocenters. The summed E-state index contributed by atoms with van der Waals surface area (Å²) in [6.45, 7) is 0.742. The van der Waals surface area contributed by atoms with Crippen LogP contribution in [0.15, 0.2) is 53.7 Å². The number of aromatic nitrogens is 3. The van der Waals surface area contributed by atoms with E-state index in [0.717, 1.165) is 12.3 Å². The van der Waals surface area contributed by atoms with Crippen LogP contribution in [0.3, 0.4) is 0 Å². The Morgan fingerprint density at radius 2 is 2.04 bits per heavy atom. The topological polar surface area (TPSA) is 58.3 Å². The van der Waals surface area contributed by atoms with Crippen molar-refractivity contribution in [2.75, 3.05) is 23.9 Å². The quantitative estimate of drug-likeness (QED) is 0.741. The van der Waals surface area contributed by atoms with Gasteiger partial charge in [0, 0.05) is 38.7 Å². The average Bonchev–Trinajstić information content (AvgIpc) is 3.21. The van der Waals surface area contributed by atoms with E-state index < -0.39 is 0 Å². The van der Waals surface area contributed by atoms with Gasteiger partial charge in [0.2, 0.25) is 5.95 Å². The number of oxazole rings is 1. The van der Waals surface area contributed by atoms with Gasteiger partial charge in [-0.1, -0.05) is 6.07 Å². The molecule has 1 atom stereocenters. The van der Waals surface area contributed by atoms with Crippen LogP contribution >= 0.6 is 0 Å². The van der Waals surface area contributed by atoms with E-state index in [1.165, 1.54) is 23.2 Å². The predicted molar refractivity (Wildman–Crippen MR) is 87.3 cm³/mol. The van der Waals surface area contributed by atoms with Gasteiger partial charge >= 0.3 is 0 Å². The molecule has 0 aliphatic carbocycles. The van der Waals surface area contributed by atoms with Crippen molar-refractivity contribution < 1.29 is 4.42 Å². The fourth-order valence-corrected chi connectivity index (χ4v) is 3.01. The molecule has 2 aromatic heterocycles. The fourth-order valence-electron chi connectivity index (χ4n) is 3.01. The lowest BCUT2D eigenvalue weighted by atomic mass is 10.0. The molecule has 0 amide bonds. The second-order valence-corrected chi connectivity index (χ2v) is 5.76. The molecule has 6 heteroatoms. The Balaban J connectivity index is 1.82. The highest BCUT2D eigenvalue weighted by Crippen LogP contribution is 2.41. The first-order valence-electron chi connectivity index (χ1n) is 7.46. The van der Waals surface area contributed by atoms with Gasteiger partial charge in [0.1, 0.15) is 6.04 Å². The molecule has 0 fully saturated rings. The first-order chi connectivity index (χ1) is 11.2. The molecular formula is C17H17N5O. The van der Waals surface area contributed by atoms with Crippen LogP contribution in [0.2, 0.25) is 0 Å². The van der Waals surface area contributed by atoms with E-state index in [0.29, 0.717) is 5.95 Å². The van der Waals surface area contributed by atoms with Crippen LogP contribution in [-0.4, -0.2) is 29.0 Å². The van der Waals surface area contributed by atoms with E-state index in [4.69, 9.17) is 4.42 Å². The highest BCUT2D eigenvalue weighted by molar-refractivity contribution is 5.57. The van der Waals surface area contributed by atoms with Crippen LogP contribution in [0.25, 0.3) is 0 Å². The van der Waals surface area contributed by atoms with Crippen molar-refractivity contribution in [1.82, 2.24) is 15.0 Å². The summed E-state index contributed by atoms with van der Waals surface area (Å²) < 4.78 is 5.58. The van der Waals surface area contributed by atoms with Crippen LogP contribution in [0, 0.1) is 0 Å². The van der Waals surface area contributed by atoms with Gasteiger partial charge in [0.15, 0.2) is 12.2 Å². The molecule has 0 N–H and O–H groups in total. The largest absolute Gasteiger partial charge is 0.446 e. The number of fused-ring (bicyclic) bond motifs is 1. The van der Waals surface area contributed by atoms with Crippen molar-refractivity contribution in [3.05, 3.63) is 66.1 Å². The van der Waals surface area contributed by atoms with Gasteiger partial charge in [0.25, 0.3) is 0 Å². The van der Waals surface area contributed by atoms with Crippen LogP contribution in [0.5, 0.6) is 0 Å². The Morgan fingerprint density at radius 3 is 2.74 bits per heavy atom. The van der Waals surface area contributed by atoms with E-state index in [9.17, 15) is 0 Å². The van der Waals surface area contributed by atoms with Crippen LogP contribution in [0.4, 0.5) is 11.6 Å². The summed E-state index contributed by atoms with van der Waals surface area (Å²) in [6, 6.07) is 8.26.